The molecule has 5 aromatic rings. The lowest BCUT2D eigenvalue weighted by Crippen LogP contribution is -2.26. The molecule has 49 heavy (non-hydrogen) atoms. The summed E-state index contributed by atoms with van der Waals surface area (Å²) < 4.78 is 0. The Labute approximate surface area is 285 Å². The molecule has 3 aliphatic rings. The van der Waals surface area contributed by atoms with E-state index < -0.39 is 11.8 Å². The van der Waals surface area contributed by atoms with E-state index in [1.54, 1.807) is 12.2 Å². The summed E-state index contributed by atoms with van der Waals surface area (Å²) >= 11 is 0. The molecule has 0 bridgehead atoms. The number of fused-ring (bicyclic) bond motifs is 4. The number of nitrogens with zero attached hydrogens (tertiary/aromatic N) is 1. The van der Waals surface area contributed by atoms with Crippen LogP contribution in [0.5, 0.6) is 0 Å². The van der Waals surface area contributed by atoms with Crippen LogP contribution in [0.15, 0.2) is 139 Å². The van der Waals surface area contributed by atoms with Crippen molar-refractivity contribution < 1.29 is 19.5 Å². The number of benzene rings is 5. The van der Waals surface area contributed by atoms with Gasteiger partial charge in [-0.3, -0.25) is 9.59 Å². The van der Waals surface area contributed by atoms with Gasteiger partial charge in [0.25, 0.3) is 0 Å². The van der Waals surface area contributed by atoms with Crippen LogP contribution in [0.3, 0.4) is 0 Å². The summed E-state index contributed by atoms with van der Waals surface area (Å²) in [7, 11) is 0. The number of ketones is 2. The minimum absolute atomic E-state index is 0.0119. The van der Waals surface area contributed by atoms with Crippen LogP contribution in [0.25, 0.3) is 17.7 Å². The van der Waals surface area contributed by atoms with Crippen LogP contribution in [-0.2, 0) is 0 Å². The molecule has 8 rings (SSSR count). The third kappa shape index (κ3) is 5.53. The molecule has 0 amide bonds. The van der Waals surface area contributed by atoms with Crippen LogP contribution in [0.1, 0.15) is 84.1 Å². The summed E-state index contributed by atoms with van der Waals surface area (Å²) in [5, 5.41) is 9.29. The predicted molar refractivity (Wildman–Crippen MR) is 194 cm³/mol. The molecule has 5 aromatic carbocycles. The first-order valence-electron chi connectivity index (χ1n) is 16.7. The predicted octanol–water partition coefficient (Wildman–Crippen LogP) is 9.78. The number of carbonyl (C=O) groups is 3. The van der Waals surface area contributed by atoms with Crippen molar-refractivity contribution in [3.8, 4) is 0 Å². The average Bonchev–Trinajstić information content (AvgIpc) is 3.80. The molecule has 0 aromatic heterocycles. The van der Waals surface area contributed by atoms with Crippen molar-refractivity contribution in [3.63, 3.8) is 0 Å². The van der Waals surface area contributed by atoms with Crippen molar-refractivity contribution in [2.24, 2.45) is 0 Å². The van der Waals surface area contributed by atoms with E-state index in [1.165, 1.54) is 58.3 Å². The molecule has 2 unspecified atom stereocenters. The highest BCUT2D eigenvalue weighted by Gasteiger charge is 2.42. The van der Waals surface area contributed by atoms with Gasteiger partial charge in [0.05, 0.1) is 11.1 Å². The molecule has 1 N–H and O–H groups in total. The highest BCUT2D eigenvalue weighted by Crippen LogP contribution is 2.52. The molecule has 2 aliphatic carbocycles. The molecular weight excluding hydrogens is 606 g/mol. The molecule has 5 nitrogen and oxygen atoms in total. The van der Waals surface area contributed by atoms with Gasteiger partial charge in [-0.25, -0.2) is 4.79 Å². The Morgan fingerprint density at radius 2 is 1.37 bits per heavy atom. The number of Topliss-reactive ketones (excluding diaryl/α,β-unsaturated/α-hetero) is 2. The van der Waals surface area contributed by atoms with E-state index in [-0.39, 0.29) is 28.0 Å². The van der Waals surface area contributed by atoms with Crippen LogP contribution in [0.2, 0.25) is 0 Å². The molecule has 238 valence electrons. The summed E-state index contributed by atoms with van der Waals surface area (Å²) in [5.74, 6) is -1.51. The Kier molecular flexibility index (Phi) is 7.73. The lowest BCUT2D eigenvalue weighted by molar-refractivity contribution is 0.0696. The maximum atomic E-state index is 13.0. The molecular formula is C44H33NO4. The zero-order chi connectivity index (χ0) is 33.5. The van der Waals surface area contributed by atoms with E-state index >= 15 is 0 Å². The molecule has 5 heteroatoms. The largest absolute Gasteiger partial charge is 0.478 e. The SMILES string of the molecule is O=C(O)c1ccc2c(c1)C(=O)/C(=C/C=C/c1ccc3c(c1)C1CCCC1N3c1ccc(C=C(c3ccccc3)c3ccccc3)cc1)C2=O. The lowest BCUT2D eigenvalue weighted by Gasteiger charge is -2.27. The Morgan fingerprint density at radius 3 is 2.06 bits per heavy atom. The van der Waals surface area contributed by atoms with E-state index in [0.717, 1.165) is 24.0 Å². The van der Waals surface area contributed by atoms with E-state index in [2.05, 4.69) is 102 Å². The molecule has 1 aliphatic heterocycles. The quantitative estimate of drug-likeness (QED) is 0.109. The van der Waals surface area contributed by atoms with Gasteiger partial charge in [0.2, 0.25) is 0 Å². The second-order valence-corrected chi connectivity index (χ2v) is 12.8. The highest BCUT2D eigenvalue weighted by molar-refractivity contribution is 6.39. The van der Waals surface area contributed by atoms with E-state index in [4.69, 9.17) is 0 Å². The van der Waals surface area contributed by atoms with E-state index in [1.807, 2.05) is 18.2 Å². The summed E-state index contributed by atoms with van der Waals surface area (Å²) in [6.45, 7) is 0. The summed E-state index contributed by atoms with van der Waals surface area (Å²) in [5.41, 5.74) is 9.88. The smallest absolute Gasteiger partial charge is 0.335 e. The Morgan fingerprint density at radius 1 is 0.694 bits per heavy atom. The van der Waals surface area contributed by atoms with Gasteiger partial charge in [-0.1, -0.05) is 97.4 Å². The fourth-order valence-corrected chi connectivity index (χ4v) is 7.64. The first-order valence-corrected chi connectivity index (χ1v) is 16.7. The first-order chi connectivity index (χ1) is 24.0. The highest BCUT2D eigenvalue weighted by atomic mass is 16.4. The van der Waals surface area contributed by atoms with Crippen LogP contribution < -0.4 is 4.90 Å². The van der Waals surface area contributed by atoms with Crippen molar-refractivity contribution in [2.75, 3.05) is 4.90 Å². The van der Waals surface area contributed by atoms with Gasteiger partial charge >= 0.3 is 5.97 Å². The third-order valence-corrected chi connectivity index (χ3v) is 9.97. The van der Waals surface area contributed by atoms with E-state index in [0.29, 0.717) is 12.0 Å². The molecule has 0 radical (unpaired) electrons. The van der Waals surface area contributed by atoms with Crippen molar-refractivity contribution in [3.05, 3.63) is 184 Å². The van der Waals surface area contributed by atoms with Crippen LogP contribution >= 0.6 is 0 Å². The number of carboxylic acid groups (broad SMARTS) is 1. The zero-order valence-corrected chi connectivity index (χ0v) is 26.8. The molecule has 1 saturated carbocycles. The number of allylic oxidation sites excluding steroid dienone is 3. The maximum absolute atomic E-state index is 13.0. The zero-order valence-electron chi connectivity index (χ0n) is 26.8. The Hall–Kier alpha value is -6.07. The third-order valence-electron chi connectivity index (χ3n) is 9.97. The monoisotopic (exact) mass is 639 g/mol. The van der Waals surface area contributed by atoms with Crippen molar-refractivity contribution in [2.45, 2.75) is 31.2 Å². The van der Waals surface area contributed by atoms with Gasteiger partial charge in [-0.2, -0.15) is 0 Å². The van der Waals surface area contributed by atoms with Crippen molar-refractivity contribution in [1.82, 2.24) is 0 Å². The second-order valence-electron chi connectivity index (χ2n) is 12.8. The number of carboxylic acids is 1. The van der Waals surface area contributed by atoms with E-state index in [9.17, 15) is 19.5 Å². The van der Waals surface area contributed by atoms with Gasteiger partial charge in [0.15, 0.2) is 11.6 Å². The maximum Gasteiger partial charge on any atom is 0.335 e. The summed E-state index contributed by atoms with van der Waals surface area (Å²) in [6.07, 6.45) is 10.9. The second kappa shape index (κ2) is 12.5. The normalized spacial score (nSPS) is 18.5. The van der Waals surface area contributed by atoms with Crippen LogP contribution in [0, 0.1) is 0 Å². The van der Waals surface area contributed by atoms with Crippen molar-refractivity contribution >= 4 is 46.6 Å². The number of anilines is 2. The molecule has 0 spiro atoms. The van der Waals surface area contributed by atoms with Crippen LogP contribution in [0.4, 0.5) is 11.4 Å². The minimum atomic E-state index is -1.13. The summed E-state index contributed by atoms with van der Waals surface area (Å²) in [4.78, 5) is 39.7. The van der Waals surface area contributed by atoms with Crippen LogP contribution in [-0.4, -0.2) is 28.7 Å². The van der Waals surface area contributed by atoms with Gasteiger partial charge in [-0.05, 0) is 101 Å². The average molecular weight is 640 g/mol. The van der Waals surface area contributed by atoms with Gasteiger partial charge in [0, 0.05) is 34.5 Å². The standard InChI is InChI=1S/C44H33NO4/c46-42-35-23-20-32(44(48)49)27-39(35)43(47)36(42)15-7-9-28-19-24-41-38(26-28)34-14-8-16-40(34)45(41)33-21-17-29(18-22-33)25-37(30-10-3-1-4-11-30)31-12-5-2-6-13-31/h1-7,9-13,15,17-27,34,40H,8,14,16H2,(H,48,49)/b9-7+,36-15+. The molecule has 1 heterocycles. The Bertz CT molecular complexity index is 2170. The molecule has 2 atom stereocenters. The molecule has 0 saturated heterocycles. The number of hydrogen-bond donors (Lipinski definition) is 1. The number of aromatic carboxylic acids is 1. The first kappa shape index (κ1) is 30.3. The van der Waals surface area contributed by atoms with Gasteiger partial charge < -0.3 is 10.0 Å². The molecule has 1 fully saturated rings. The number of hydrogen-bond acceptors (Lipinski definition) is 4. The lowest BCUT2D eigenvalue weighted by atomic mass is 9.95. The summed E-state index contributed by atoms with van der Waals surface area (Å²) in [6, 6.07) is 40.9. The number of carbonyl (C=O) groups excluding carboxylic acids is 2. The number of rotatable bonds is 7. The van der Waals surface area contributed by atoms with Gasteiger partial charge in [-0.15, -0.1) is 0 Å². The van der Waals surface area contributed by atoms with Crippen molar-refractivity contribution in [1.29, 1.82) is 0 Å². The van der Waals surface area contributed by atoms with Gasteiger partial charge in [0.1, 0.15) is 0 Å². The topological polar surface area (TPSA) is 74.7 Å². The minimum Gasteiger partial charge on any atom is -0.478 e. The fourth-order valence-electron chi connectivity index (χ4n) is 7.64. The Balaban J connectivity index is 1.05. The fraction of sp³-hybridized carbons (Fsp3) is 0.114.